The topological polar surface area (TPSA) is 66.4 Å². The molecular weight excluding hydrogens is 226 g/mol. The monoisotopic (exact) mass is 247 g/mol. The predicted molar refractivity (Wildman–Crippen MR) is 66.6 cm³/mol. The number of carboxylic acid groups (broad SMARTS) is 1. The van der Waals surface area contributed by atoms with E-state index in [0.717, 1.165) is 12.2 Å². The Morgan fingerprint density at radius 3 is 2.50 bits per heavy atom. The number of hydrogen-bond acceptors (Lipinski definition) is 3. The lowest BCUT2D eigenvalue weighted by molar-refractivity contribution is -0.142. The SMILES string of the molecule is CCC(C)CC(=O)N[C@@H](CCSC)C(=O)O. The number of carboxylic acids is 1. The third kappa shape index (κ3) is 6.71. The Bertz CT molecular complexity index is 233. The first kappa shape index (κ1) is 15.3. The van der Waals surface area contributed by atoms with Gasteiger partial charge in [-0.15, -0.1) is 0 Å². The smallest absolute Gasteiger partial charge is 0.326 e. The molecule has 0 rings (SSSR count). The zero-order chi connectivity index (χ0) is 12.6. The number of carbonyl (C=O) groups excluding carboxylic acids is 1. The number of aliphatic carboxylic acids is 1. The van der Waals surface area contributed by atoms with Crippen LogP contribution in [0.1, 0.15) is 33.1 Å². The molecular formula is C11H21NO3S. The Morgan fingerprint density at radius 1 is 1.44 bits per heavy atom. The van der Waals surface area contributed by atoms with Gasteiger partial charge in [0.25, 0.3) is 0 Å². The van der Waals surface area contributed by atoms with E-state index in [2.05, 4.69) is 5.32 Å². The lowest BCUT2D eigenvalue weighted by Gasteiger charge is -2.15. The molecule has 4 nitrogen and oxygen atoms in total. The summed E-state index contributed by atoms with van der Waals surface area (Å²) in [4.78, 5) is 22.4. The van der Waals surface area contributed by atoms with Crippen molar-refractivity contribution < 1.29 is 14.7 Å². The predicted octanol–water partition coefficient (Wildman–Crippen LogP) is 1.75. The first-order valence-electron chi connectivity index (χ1n) is 5.52. The number of amides is 1. The van der Waals surface area contributed by atoms with Gasteiger partial charge in [0.2, 0.25) is 5.91 Å². The minimum absolute atomic E-state index is 0.164. The number of rotatable bonds is 8. The normalized spacial score (nSPS) is 14.2. The second-order valence-electron chi connectivity index (χ2n) is 3.96. The standard InChI is InChI=1S/C11H21NO3S/c1-4-8(2)7-10(13)12-9(11(14)15)5-6-16-3/h8-9H,4-7H2,1-3H3,(H,12,13)(H,14,15)/t8?,9-/m0/s1. The van der Waals surface area contributed by atoms with Crippen LogP contribution in [-0.2, 0) is 9.59 Å². The largest absolute Gasteiger partial charge is 0.480 e. The first-order valence-corrected chi connectivity index (χ1v) is 6.91. The maximum absolute atomic E-state index is 11.5. The van der Waals surface area contributed by atoms with Crippen LogP contribution in [0.15, 0.2) is 0 Å². The number of carbonyl (C=O) groups is 2. The number of nitrogens with one attached hydrogen (secondary N) is 1. The van der Waals surface area contributed by atoms with E-state index in [-0.39, 0.29) is 5.91 Å². The fourth-order valence-corrected chi connectivity index (χ4v) is 1.68. The minimum atomic E-state index is -0.952. The van der Waals surface area contributed by atoms with Crippen LogP contribution in [0.4, 0.5) is 0 Å². The lowest BCUT2D eigenvalue weighted by Crippen LogP contribution is -2.41. The van der Waals surface area contributed by atoms with Crippen molar-refractivity contribution >= 4 is 23.6 Å². The molecule has 0 aliphatic heterocycles. The van der Waals surface area contributed by atoms with Crippen LogP contribution in [0, 0.1) is 5.92 Å². The van der Waals surface area contributed by atoms with E-state index in [0.29, 0.717) is 18.8 Å². The highest BCUT2D eigenvalue weighted by Gasteiger charge is 2.19. The summed E-state index contributed by atoms with van der Waals surface area (Å²) >= 11 is 1.58. The van der Waals surface area contributed by atoms with Crippen LogP contribution in [0.2, 0.25) is 0 Å². The molecule has 0 aliphatic carbocycles. The van der Waals surface area contributed by atoms with E-state index in [1.165, 1.54) is 0 Å². The van der Waals surface area contributed by atoms with Crippen molar-refractivity contribution in [3.8, 4) is 0 Å². The van der Waals surface area contributed by atoms with E-state index in [1.807, 2.05) is 20.1 Å². The summed E-state index contributed by atoms with van der Waals surface area (Å²) in [6.45, 7) is 4.00. The van der Waals surface area contributed by atoms with Crippen LogP contribution in [0.5, 0.6) is 0 Å². The number of thioether (sulfide) groups is 1. The Kier molecular flexibility index (Phi) is 8.07. The molecule has 0 aromatic rings. The molecule has 1 amide bonds. The molecule has 0 aromatic carbocycles. The van der Waals surface area contributed by atoms with E-state index >= 15 is 0 Å². The highest BCUT2D eigenvalue weighted by Crippen LogP contribution is 2.07. The molecule has 0 radical (unpaired) electrons. The molecule has 0 spiro atoms. The van der Waals surface area contributed by atoms with Gasteiger partial charge in [-0.2, -0.15) is 11.8 Å². The zero-order valence-corrected chi connectivity index (χ0v) is 11.0. The summed E-state index contributed by atoms with van der Waals surface area (Å²) in [6, 6.07) is -0.746. The van der Waals surface area contributed by atoms with Gasteiger partial charge >= 0.3 is 5.97 Å². The van der Waals surface area contributed by atoms with Gasteiger partial charge in [0.15, 0.2) is 0 Å². The second kappa shape index (κ2) is 8.44. The highest BCUT2D eigenvalue weighted by molar-refractivity contribution is 7.98. The molecule has 1 unspecified atom stereocenters. The fourth-order valence-electron chi connectivity index (χ4n) is 1.21. The molecule has 0 aromatic heterocycles. The lowest BCUT2D eigenvalue weighted by atomic mass is 10.0. The van der Waals surface area contributed by atoms with Gasteiger partial charge in [0, 0.05) is 6.42 Å². The van der Waals surface area contributed by atoms with Crippen molar-refractivity contribution in [2.24, 2.45) is 5.92 Å². The van der Waals surface area contributed by atoms with Gasteiger partial charge < -0.3 is 10.4 Å². The summed E-state index contributed by atoms with van der Waals surface area (Å²) in [5, 5.41) is 11.5. The van der Waals surface area contributed by atoms with E-state index in [1.54, 1.807) is 11.8 Å². The van der Waals surface area contributed by atoms with Gasteiger partial charge in [-0.25, -0.2) is 4.79 Å². The molecule has 0 bridgehead atoms. The van der Waals surface area contributed by atoms with Gasteiger partial charge in [-0.1, -0.05) is 20.3 Å². The molecule has 0 saturated carbocycles. The average Bonchev–Trinajstić information content (AvgIpc) is 2.23. The van der Waals surface area contributed by atoms with Crippen molar-refractivity contribution in [2.75, 3.05) is 12.0 Å². The van der Waals surface area contributed by atoms with Crippen molar-refractivity contribution in [3.05, 3.63) is 0 Å². The maximum Gasteiger partial charge on any atom is 0.326 e. The Balaban J connectivity index is 4.07. The summed E-state index contributed by atoms with van der Waals surface area (Å²) in [5.74, 6) is -0.0787. The summed E-state index contributed by atoms with van der Waals surface area (Å²) < 4.78 is 0. The second-order valence-corrected chi connectivity index (χ2v) is 4.94. The summed E-state index contributed by atoms with van der Waals surface area (Å²) in [5.41, 5.74) is 0. The molecule has 16 heavy (non-hydrogen) atoms. The maximum atomic E-state index is 11.5. The Labute approximate surface area is 101 Å². The third-order valence-corrected chi connectivity index (χ3v) is 3.12. The molecule has 0 heterocycles. The van der Waals surface area contributed by atoms with Gasteiger partial charge in [-0.3, -0.25) is 4.79 Å². The molecule has 0 saturated heterocycles. The Morgan fingerprint density at radius 2 is 2.06 bits per heavy atom. The van der Waals surface area contributed by atoms with E-state index < -0.39 is 12.0 Å². The molecule has 5 heteroatoms. The molecule has 2 atom stereocenters. The van der Waals surface area contributed by atoms with Gasteiger partial charge in [0.05, 0.1) is 0 Å². The zero-order valence-electron chi connectivity index (χ0n) is 10.2. The van der Waals surface area contributed by atoms with E-state index in [4.69, 9.17) is 5.11 Å². The molecule has 2 N–H and O–H groups in total. The van der Waals surface area contributed by atoms with Crippen molar-refractivity contribution in [3.63, 3.8) is 0 Å². The highest BCUT2D eigenvalue weighted by atomic mass is 32.2. The summed E-state index contributed by atoms with van der Waals surface area (Å²) in [7, 11) is 0. The summed E-state index contributed by atoms with van der Waals surface area (Å²) in [6.07, 6.45) is 3.72. The van der Waals surface area contributed by atoms with Gasteiger partial charge in [0.1, 0.15) is 6.04 Å². The van der Waals surface area contributed by atoms with Crippen LogP contribution in [0.25, 0.3) is 0 Å². The van der Waals surface area contributed by atoms with Crippen molar-refractivity contribution in [1.82, 2.24) is 5.32 Å². The van der Waals surface area contributed by atoms with Crippen molar-refractivity contribution in [1.29, 1.82) is 0 Å². The fraction of sp³-hybridized carbons (Fsp3) is 0.818. The van der Waals surface area contributed by atoms with Gasteiger partial charge in [-0.05, 0) is 24.3 Å². The molecule has 94 valence electrons. The minimum Gasteiger partial charge on any atom is -0.480 e. The van der Waals surface area contributed by atoms with E-state index in [9.17, 15) is 9.59 Å². The molecule has 0 aliphatic rings. The Hall–Kier alpha value is -0.710. The molecule has 0 fully saturated rings. The van der Waals surface area contributed by atoms with Crippen molar-refractivity contribution in [2.45, 2.75) is 39.2 Å². The third-order valence-electron chi connectivity index (χ3n) is 2.47. The number of hydrogen-bond donors (Lipinski definition) is 2. The average molecular weight is 247 g/mol. The first-order chi connectivity index (χ1) is 7.51. The van der Waals surface area contributed by atoms with Crippen LogP contribution in [-0.4, -0.2) is 35.0 Å². The quantitative estimate of drug-likeness (QED) is 0.685. The van der Waals surface area contributed by atoms with Crippen LogP contribution >= 0.6 is 11.8 Å². The van der Waals surface area contributed by atoms with Crippen LogP contribution in [0.3, 0.4) is 0 Å². The van der Waals surface area contributed by atoms with Crippen LogP contribution < -0.4 is 5.32 Å².